The van der Waals surface area contributed by atoms with E-state index >= 15 is 0 Å². The third kappa shape index (κ3) is 2.00. The highest BCUT2D eigenvalue weighted by Gasteiger charge is 2.43. The van der Waals surface area contributed by atoms with Crippen LogP contribution in [0.3, 0.4) is 0 Å². The van der Waals surface area contributed by atoms with Crippen LogP contribution in [0.4, 0.5) is 0 Å². The van der Waals surface area contributed by atoms with Crippen LogP contribution in [0.15, 0.2) is 23.0 Å². The monoisotopic (exact) mass is 276 g/mol. The minimum atomic E-state index is -0.495. The molecule has 0 aromatic carbocycles. The molecule has 2 aromatic rings. The van der Waals surface area contributed by atoms with Crippen molar-refractivity contribution in [3.05, 3.63) is 35.5 Å². The first kappa shape index (κ1) is 12.9. The molecule has 0 spiro atoms. The minimum Gasteiger partial charge on any atom is -0.391 e. The topological polar surface area (TPSA) is 93.2 Å². The largest absolute Gasteiger partial charge is 0.391 e. The maximum Gasteiger partial charge on any atom is 0.257 e. The van der Waals surface area contributed by atoms with E-state index in [9.17, 15) is 9.90 Å². The van der Waals surface area contributed by atoms with Gasteiger partial charge in [-0.1, -0.05) is 5.16 Å². The van der Waals surface area contributed by atoms with Crippen molar-refractivity contribution in [2.24, 2.45) is 0 Å². The zero-order valence-corrected chi connectivity index (χ0v) is 11.3. The second-order valence-corrected chi connectivity index (χ2v) is 5.06. The molecule has 20 heavy (non-hydrogen) atoms. The fourth-order valence-corrected chi connectivity index (χ4v) is 2.62. The Morgan fingerprint density at radius 2 is 2.35 bits per heavy atom. The van der Waals surface area contributed by atoms with E-state index in [4.69, 9.17) is 4.52 Å². The molecular formula is C13H16N4O3. The smallest absolute Gasteiger partial charge is 0.257 e. The van der Waals surface area contributed by atoms with E-state index in [1.807, 2.05) is 0 Å². The van der Waals surface area contributed by atoms with E-state index in [-0.39, 0.29) is 18.0 Å². The van der Waals surface area contributed by atoms with Gasteiger partial charge in [-0.05, 0) is 26.3 Å². The van der Waals surface area contributed by atoms with Gasteiger partial charge in [0.2, 0.25) is 0 Å². The molecule has 1 saturated carbocycles. The number of aliphatic hydroxyl groups is 1. The van der Waals surface area contributed by atoms with Gasteiger partial charge in [0.05, 0.1) is 23.9 Å². The number of carbonyl (C=O) groups is 1. The number of aryl methyl sites for hydroxylation is 2. The third-order valence-electron chi connectivity index (χ3n) is 3.71. The van der Waals surface area contributed by atoms with Crippen LogP contribution < -0.4 is 5.32 Å². The van der Waals surface area contributed by atoms with E-state index in [1.54, 1.807) is 37.0 Å². The van der Waals surface area contributed by atoms with Gasteiger partial charge in [-0.15, -0.1) is 0 Å². The van der Waals surface area contributed by atoms with Gasteiger partial charge in [0.25, 0.3) is 5.91 Å². The van der Waals surface area contributed by atoms with Crippen molar-refractivity contribution in [1.29, 1.82) is 0 Å². The van der Waals surface area contributed by atoms with Crippen molar-refractivity contribution in [3.8, 4) is 0 Å². The molecule has 1 amide bonds. The zero-order chi connectivity index (χ0) is 14.3. The number of nitrogens with one attached hydrogen (secondary N) is 1. The van der Waals surface area contributed by atoms with E-state index in [2.05, 4.69) is 15.6 Å². The summed E-state index contributed by atoms with van der Waals surface area (Å²) in [4.78, 5) is 12.3. The lowest BCUT2D eigenvalue weighted by Gasteiger charge is -2.41. The van der Waals surface area contributed by atoms with Crippen LogP contribution in [-0.2, 0) is 0 Å². The molecule has 2 N–H and O–H groups in total. The molecular weight excluding hydrogens is 260 g/mol. The first-order valence-electron chi connectivity index (χ1n) is 6.49. The summed E-state index contributed by atoms with van der Waals surface area (Å²) in [6, 6.07) is 1.42. The standard InChI is InChI=1S/C13H16N4O3/c1-7-11(8(2)20-16-7)13(19)15-9-6-10(18)12(9)17-5-3-4-14-17/h3-5,9-10,12,18H,6H2,1-2H3,(H,15,19)/t9-,10+,12+/m0/s1. The number of aliphatic hydroxyl groups excluding tert-OH is 1. The quantitative estimate of drug-likeness (QED) is 0.856. The predicted octanol–water partition coefficient (Wildman–Crippen LogP) is 0.592. The van der Waals surface area contributed by atoms with Gasteiger partial charge in [0.1, 0.15) is 11.3 Å². The first-order valence-corrected chi connectivity index (χ1v) is 6.49. The molecule has 0 aliphatic heterocycles. The lowest BCUT2D eigenvalue weighted by Crippen LogP contribution is -2.56. The van der Waals surface area contributed by atoms with Crippen molar-refractivity contribution in [2.75, 3.05) is 0 Å². The summed E-state index contributed by atoms with van der Waals surface area (Å²) in [6.45, 7) is 3.43. The Bertz CT molecular complexity index is 600. The lowest BCUT2D eigenvalue weighted by atomic mass is 9.83. The highest BCUT2D eigenvalue weighted by Crippen LogP contribution is 2.32. The Balaban J connectivity index is 1.74. The van der Waals surface area contributed by atoms with E-state index in [1.165, 1.54) is 0 Å². The van der Waals surface area contributed by atoms with Crippen LogP contribution in [0, 0.1) is 13.8 Å². The summed E-state index contributed by atoms with van der Waals surface area (Å²) in [7, 11) is 0. The lowest BCUT2D eigenvalue weighted by molar-refractivity contribution is -0.00590. The number of amides is 1. The van der Waals surface area contributed by atoms with Gasteiger partial charge in [0.15, 0.2) is 0 Å². The van der Waals surface area contributed by atoms with Crippen LogP contribution in [0.2, 0.25) is 0 Å². The number of nitrogens with zero attached hydrogens (tertiary/aromatic N) is 3. The van der Waals surface area contributed by atoms with Crippen molar-refractivity contribution >= 4 is 5.91 Å². The molecule has 7 heteroatoms. The maximum absolute atomic E-state index is 12.3. The summed E-state index contributed by atoms with van der Waals surface area (Å²) >= 11 is 0. The van der Waals surface area contributed by atoms with Gasteiger partial charge in [0, 0.05) is 12.4 Å². The Labute approximate surface area is 115 Å². The van der Waals surface area contributed by atoms with E-state index < -0.39 is 6.10 Å². The van der Waals surface area contributed by atoms with Crippen molar-refractivity contribution in [3.63, 3.8) is 0 Å². The fourth-order valence-electron chi connectivity index (χ4n) is 2.62. The minimum absolute atomic E-state index is 0.147. The van der Waals surface area contributed by atoms with Gasteiger partial charge in [-0.2, -0.15) is 5.10 Å². The third-order valence-corrected chi connectivity index (χ3v) is 3.71. The number of rotatable bonds is 3. The summed E-state index contributed by atoms with van der Waals surface area (Å²) in [6.07, 6.45) is 3.45. The summed E-state index contributed by atoms with van der Waals surface area (Å²) in [5, 5.41) is 20.7. The molecule has 0 radical (unpaired) electrons. The molecule has 3 atom stereocenters. The second-order valence-electron chi connectivity index (χ2n) is 5.06. The maximum atomic E-state index is 12.3. The average Bonchev–Trinajstić information content (AvgIpc) is 2.99. The normalized spacial score (nSPS) is 25.2. The Morgan fingerprint density at radius 3 is 2.90 bits per heavy atom. The summed E-state index contributed by atoms with van der Waals surface area (Å²) < 4.78 is 6.67. The van der Waals surface area contributed by atoms with Crippen LogP contribution in [0.25, 0.3) is 0 Å². The van der Waals surface area contributed by atoms with Crippen molar-refractivity contribution in [2.45, 2.75) is 38.5 Å². The Hall–Kier alpha value is -2.15. The number of hydrogen-bond acceptors (Lipinski definition) is 5. The Kier molecular flexibility index (Phi) is 3.06. The molecule has 7 nitrogen and oxygen atoms in total. The molecule has 2 heterocycles. The molecule has 0 saturated heterocycles. The number of hydrogen-bond donors (Lipinski definition) is 2. The van der Waals surface area contributed by atoms with E-state index in [0.717, 1.165) is 0 Å². The first-order chi connectivity index (χ1) is 9.58. The van der Waals surface area contributed by atoms with Crippen LogP contribution in [0.1, 0.15) is 34.3 Å². The Morgan fingerprint density at radius 1 is 1.55 bits per heavy atom. The highest BCUT2D eigenvalue weighted by atomic mass is 16.5. The molecule has 3 rings (SSSR count). The fraction of sp³-hybridized carbons (Fsp3) is 0.462. The average molecular weight is 276 g/mol. The van der Waals surface area contributed by atoms with Gasteiger partial charge >= 0.3 is 0 Å². The van der Waals surface area contributed by atoms with Crippen molar-refractivity contribution in [1.82, 2.24) is 20.3 Å². The second kappa shape index (κ2) is 4.75. The van der Waals surface area contributed by atoms with E-state index in [0.29, 0.717) is 23.4 Å². The van der Waals surface area contributed by atoms with Crippen LogP contribution >= 0.6 is 0 Å². The molecule has 106 valence electrons. The van der Waals surface area contributed by atoms with Gasteiger partial charge in [-0.3, -0.25) is 9.48 Å². The number of carbonyl (C=O) groups excluding carboxylic acids is 1. The van der Waals surface area contributed by atoms with Gasteiger partial charge < -0.3 is 14.9 Å². The molecule has 1 fully saturated rings. The molecule has 2 aromatic heterocycles. The molecule has 0 unspecified atom stereocenters. The predicted molar refractivity (Wildman–Crippen MR) is 69.1 cm³/mol. The SMILES string of the molecule is Cc1noc(C)c1C(=O)N[C@H]1C[C@@H](O)[C@@H]1n1cccn1. The summed E-state index contributed by atoms with van der Waals surface area (Å²) in [5.41, 5.74) is 1.03. The highest BCUT2D eigenvalue weighted by molar-refractivity contribution is 5.96. The van der Waals surface area contributed by atoms with Crippen LogP contribution in [-0.4, -0.2) is 38.1 Å². The zero-order valence-electron chi connectivity index (χ0n) is 11.3. The van der Waals surface area contributed by atoms with Gasteiger partial charge in [-0.25, -0.2) is 0 Å². The number of aromatic nitrogens is 3. The molecule has 0 bridgehead atoms. The molecule has 1 aliphatic rings. The molecule has 1 aliphatic carbocycles. The van der Waals surface area contributed by atoms with Crippen molar-refractivity contribution < 1.29 is 14.4 Å². The summed E-state index contributed by atoms with van der Waals surface area (Å²) in [5.74, 6) is 0.269. The van der Waals surface area contributed by atoms with Crippen LogP contribution in [0.5, 0.6) is 0 Å².